The lowest BCUT2D eigenvalue weighted by Gasteiger charge is -2.20. The maximum Gasteiger partial charge on any atom is 0.252 e. The fourth-order valence-corrected chi connectivity index (χ4v) is 4.57. The van der Waals surface area contributed by atoms with Crippen molar-refractivity contribution >= 4 is 27.3 Å². The zero-order valence-corrected chi connectivity index (χ0v) is 15.4. The van der Waals surface area contributed by atoms with Crippen molar-refractivity contribution in [3.8, 4) is 5.75 Å². The minimum Gasteiger partial charge on any atom is -0.496 e. The van der Waals surface area contributed by atoms with Crippen molar-refractivity contribution < 1.29 is 17.9 Å². The maximum absolute atomic E-state index is 12.3. The van der Waals surface area contributed by atoms with Gasteiger partial charge in [-0.2, -0.15) is 4.31 Å². The number of benzene rings is 1. The lowest BCUT2D eigenvalue weighted by molar-refractivity contribution is -0.121. The van der Waals surface area contributed by atoms with E-state index >= 15 is 0 Å². The van der Waals surface area contributed by atoms with E-state index in [0.717, 1.165) is 21.2 Å². The molecule has 1 heterocycles. The van der Waals surface area contributed by atoms with Crippen molar-refractivity contribution in [1.29, 1.82) is 0 Å². The lowest BCUT2D eigenvalue weighted by Crippen LogP contribution is -2.39. The number of nitrogens with zero attached hydrogens (tertiary/aromatic N) is 1. The molecular formula is C16H20N2O4S2. The number of thiophene rings is 1. The van der Waals surface area contributed by atoms with Gasteiger partial charge >= 0.3 is 0 Å². The monoisotopic (exact) mass is 368 g/mol. The fraction of sp³-hybridized carbons (Fsp3) is 0.312. The molecule has 0 fully saturated rings. The molecule has 0 bridgehead atoms. The molecule has 8 heteroatoms. The Labute approximate surface area is 146 Å². The van der Waals surface area contributed by atoms with E-state index in [-0.39, 0.29) is 22.7 Å². The van der Waals surface area contributed by atoms with Crippen LogP contribution in [0.15, 0.2) is 46.0 Å². The largest absolute Gasteiger partial charge is 0.496 e. The predicted octanol–water partition coefficient (Wildman–Crippen LogP) is 2.25. The molecule has 1 amide bonds. The number of hydrogen-bond donors (Lipinski definition) is 1. The highest BCUT2D eigenvalue weighted by Crippen LogP contribution is 2.24. The van der Waals surface area contributed by atoms with Crippen molar-refractivity contribution in [2.24, 2.45) is 0 Å². The minimum absolute atomic E-state index is 0.218. The second-order valence-corrected chi connectivity index (χ2v) is 8.44. The number of sulfonamides is 1. The molecule has 1 aromatic carbocycles. The summed E-state index contributed by atoms with van der Waals surface area (Å²) in [4.78, 5) is 12.2. The second kappa shape index (κ2) is 7.78. The highest BCUT2D eigenvalue weighted by atomic mass is 32.2. The van der Waals surface area contributed by atoms with E-state index in [9.17, 15) is 13.2 Å². The molecule has 1 N–H and O–H groups in total. The molecule has 24 heavy (non-hydrogen) atoms. The van der Waals surface area contributed by atoms with E-state index in [1.54, 1.807) is 18.6 Å². The molecular weight excluding hydrogens is 348 g/mol. The van der Waals surface area contributed by atoms with E-state index in [1.165, 1.54) is 13.1 Å². The topological polar surface area (TPSA) is 75.7 Å². The number of amides is 1. The number of para-hydroxylation sites is 1. The molecule has 2 aromatic rings. The molecule has 2 rings (SSSR count). The van der Waals surface area contributed by atoms with E-state index in [1.807, 2.05) is 31.2 Å². The van der Waals surface area contributed by atoms with Gasteiger partial charge in [-0.05, 0) is 24.4 Å². The van der Waals surface area contributed by atoms with Crippen LogP contribution in [0.5, 0.6) is 5.75 Å². The Hall–Kier alpha value is -1.90. The third-order valence-electron chi connectivity index (χ3n) is 3.51. The van der Waals surface area contributed by atoms with Gasteiger partial charge in [-0.3, -0.25) is 4.79 Å². The van der Waals surface area contributed by atoms with Crippen LogP contribution >= 0.6 is 11.3 Å². The normalized spacial score (nSPS) is 12.8. The first-order valence-corrected chi connectivity index (χ1v) is 9.60. The third-order valence-corrected chi connectivity index (χ3v) is 6.69. The Bertz CT molecular complexity index is 788. The molecule has 0 saturated heterocycles. The van der Waals surface area contributed by atoms with Crippen LogP contribution in [0.25, 0.3) is 0 Å². The maximum atomic E-state index is 12.3. The molecule has 0 spiro atoms. The van der Waals surface area contributed by atoms with Crippen LogP contribution in [-0.4, -0.2) is 39.3 Å². The van der Waals surface area contributed by atoms with Gasteiger partial charge in [0.1, 0.15) is 9.96 Å². The van der Waals surface area contributed by atoms with Gasteiger partial charge in [0.25, 0.3) is 10.0 Å². The number of carbonyl (C=O) groups is 1. The van der Waals surface area contributed by atoms with Crippen molar-refractivity contribution in [3.63, 3.8) is 0 Å². The molecule has 1 unspecified atom stereocenters. The second-order valence-electron chi connectivity index (χ2n) is 5.22. The van der Waals surface area contributed by atoms with Crippen molar-refractivity contribution in [3.05, 3.63) is 47.3 Å². The average molecular weight is 368 g/mol. The zero-order chi connectivity index (χ0) is 17.7. The van der Waals surface area contributed by atoms with E-state index in [2.05, 4.69) is 5.32 Å². The van der Waals surface area contributed by atoms with Crippen LogP contribution in [0.1, 0.15) is 18.5 Å². The number of nitrogens with one attached hydrogen (secondary N) is 1. The Balaban J connectivity index is 2.03. The number of carbonyl (C=O) groups excluding carboxylic acids is 1. The summed E-state index contributed by atoms with van der Waals surface area (Å²) in [6.07, 6.45) is 0. The van der Waals surface area contributed by atoms with Crippen LogP contribution in [0.2, 0.25) is 0 Å². The molecule has 0 aliphatic heterocycles. The first kappa shape index (κ1) is 18.4. The van der Waals surface area contributed by atoms with Crippen molar-refractivity contribution in [2.75, 3.05) is 20.7 Å². The van der Waals surface area contributed by atoms with Gasteiger partial charge in [-0.1, -0.05) is 24.3 Å². The minimum atomic E-state index is -3.64. The molecule has 0 aliphatic rings. The Morgan fingerprint density at radius 3 is 2.62 bits per heavy atom. The van der Waals surface area contributed by atoms with Gasteiger partial charge in [0.15, 0.2) is 0 Å². The summed E-state index contributed by atoms with van der Waals surface area (Å²) in [7, 11) is -0.682. The number of hydrogen-bond acceptors (Lipinski definition) is 5. The first-order chi connectivity index (χ1) is 11.4. The quantitative estimate of drug-likeness (QED) is 0.813. The summed E-state index contributed by atoms with van der Waals surface area (Å²) in [5.74, 6) is 0.292. The Kier molecular flexibility index (Phi) is 5.98. The molecule has 0 aliphatic carbocycles. The van der Waals surface area contributed by atoms with Crippen LogP contribution in [-0.2, 0) is 14.8 Å². The third kappa shape index (κ3) is 4.14. The standard InChI is InChI=1S/C16H20N2O4S2/c1-12(13-7-4-5-8-14(13)22-3)17-15(19)11-18(2)24(20,21)16-9-6-10-23-16/h4-10,12H,11H2,1-3H3,(H,17,19). The highest BCUT2D eigenvalue weighted by Gasteiger charge is 2.24. The fourth-order valence-electron chi connectivity index (χ4n) is 2.24. The number of likely N-dealkylation sites (N-methyl/N-ethyl adjacent to an activating group) is 1. The van der Waals surface area contributed by atoms with Crippen molar-refractivity contribution in [1.82, 2.24) is 9.62 Å². The Morgan fingerprint density at radius 1 is 1.29 bits per heavy atom. The summed E-state index contributed by atoms with van der Waals surface area (Å²) in [5.41, 5.74) is 0.831. The van der Waals surface area contributed by atoms with Gasteiger partial charge in [0.05, 0.1) is 19.7 Å². The average Bonchev–Trinajstić information content (AvgIpc) is 3.09. The molecule has 6 nitrogen and oxygen atoms in total. The molecule has 0 radical (unpaired) electrons. The molecule has 1 atom stereocenters. The zero-order valence-electron chi connectivity index (χ0n) is 13.7. The van der Waals surface area contributed by atoms with Crippen molar-refractivity contribution in [2.45, 2.75) is 17.2 Å². The van der Waals surface area contributed by atoms with E-state index < -0.39 is 10.0 Å². The van der Waals surface area contributed by atoms with Crippen LogP contribution in [0.3, 0.4) is 0 Å². The van der Waals surface area contributed by atoms with Gasteiger partial charge in [0, 0.05) is 12.6 Å². The first-order valence-electron chi connectivity index (χ1n) is 7.28. The summed E-state index contributed by atoms with van der Waals surface area (Å²) in [5, 5.41) is 4.48. The number of rotatable bonds is 7. The predicted molar refractivity (Wildman–Crippen MR) is 93.7 cm³/mol. The SMILES string of the molecule is COc1ccccc1C(C)NC(=O)CN(C)S(=O)(=O)c1cccs1. The van der Waals surface area contributed by atoms with Crippen LogP contribution in [0, 0.1) is 0 Å². The van der Waals surface area contributed by atoms with Gasteiger partial charge in [0.2, 0.25) is 5.91 Å². The number of ether oxygens (including phenoxy) is 1. The van der Waals surface area contributed by atoms with Gasteiger partial charge < -0.3 is 10.1 Å². The number of methoxy groups -OCH3 is 1. The van der Waals surface area contributed by atoms with Gasteiger partial charge in [-0.25, -0.2) is 8.42 Å². The van der Waals surface area contributed by atoms with Crippen LogP contribution < -0.4 is 10.1 Å². The summed E-state index contributed by atoms with van der Waals surface area (Å²) >= 11 is 1.12. The summed E-state index contributed by atoms with van der Waals surface area (Å²) in [6, 6.07) is 10.3. The summed E-state index contributed by atoms with van der Waals surface area (Å²) < 4.78 is 31.2. The van der Waals surface area contributed by atoms with E-state index in [4.69, 9.17) is 4.74 Å². The molecule has 1 aromatic heterocycles. The summed E-state index contributed by atoms with van der Waals surface area (Å²) in [6.45, 7) is 1.57. The van der Waals surface area contributed by atoms with Gasteiger partial charge in [-0.15, -0.1) is 11.3 Å². The van der Waals surface area contributed by atoms with E-state index in [0.29, 0.717) is 5.75 Å². The highest BCUT2D eigenvalue weighted by molar-refractivity contribution is 7.91. The Morgan fingerprint density at radius 2 is 2.00 bits per heavy atom. The molecule has 130 valence electrons. The lowest BCUT2D eigenvalue weighted by atomic mass is 10.1. The van der Waals surface area contributed by atoms with Crippen LogP contribution in [0.4, 0.5) is 0 Å². The smallest absolute Gasteiger partial charge is 0.252 e. The molecule has 0 saturated carbocycles.